The van der Waals surface area contributed by atoms with Crippen molar-refractivity contribution in [1.82, 2.24) is 31.2 Å². The van der Waals surface area contributed by atoms with Crippen LogP contribution in [0.4, 0.5) is 37.7 Å². The van der Waals surface area contributed by atoms with E-state index in [0.717, 1.165) is 33.4 Å². The zero-order chi connectivity index (χ0) is 67.3. The van der Waals surface area contributed by atoms with Crippen LogP contribution >= 0.6 is 0 Å². The Bertz CT molecular complexity index is 3820. The second-order valence-corrected chi connectivity index (χ2v) is 24.7. The monoisotopic (exact) mass is 1270 g/mol. The molecule has 0 saturated heterocycles. The van der Waals surface area contributed by atoms with Crippen molar-refractivity contribution in [3.05, 3.63) is 183 Å². The molecule has 2 aromatic heterocycles. The summed E-state index contributed by atoms with van der Waals surface area (Å²) in [6, 6.07) is 8.93. The van der Waals surface area contributed by atoms with Crippen molar-refractivity contribution in [3.8, 4) is 35.2 Å². The lowest BCUT2D eigenvalue weighted by Gasteiger charge is -2.28. The van der Waals surface area contributed by atoms with Crippen LogP contribution in [0, 0.1) is 86.3 Å². The summed E-state index contributed by atoms with van der Waals surface area (Å²) in [4.78, 5) is 92.6. The zero-order valence-corrected chi connectivity index (χ0v) is 53.6. The molecule has 6 aromatic rings. The second kappa shape index (κ2) is 28.6. The molecule has 2 aliphatic heterocycles. The lowest BCUT2D eigenvalue weighted by molar-refractivity contribution is -0.128. The Kier molecular flexibility index (Phi) is 21.4. The number of H-pyrrole nitrogens is 2. The Balaban J connectivity index is 0.926. The fraction of sp³-hybridized carbons (Fsp3) is 0.400. The first-order valence-electron chi connectivity index (χ1n) is 30.3. The Morgan fingerprint density at radius 3 is 1.17 bits per heavy atom. The second-order valence-electron chi connectivity index (χ2n) is 24.7. The van der Waals surface area contributed by atoms with Gasteiger partial charge in [-0.3, -0.25) is 28.8 Å². The Hall–Kier alpha value is -9.12. The molecule has 2 aliphatic rings. The van der Waals surface area contributed by atoms with E-state index in [1.54, 1.807) is 38.4 Å². The van der Waals surface area contributed by atoms with Crippen LogP contribution in [0.1, 0.15) is 121 Å². The van der Waals surface area contributed by atoms with Gasteiger partial charge in [0.05, 0.1) is 23.5 Å². The molecule has 0 aliphatic carbocycles. The highest BCUT2D eigenvalue weighted by atomic mass is 19.2. The summed E-state index contributed by atoms with van der Waals surface area (Å²) in [5.41, 5.74) is 3.04. The van der Waals surface area contributed by atoms with Crippen LogP contribution in [-0.4, -0.2) is 98.2 Å². The number of ether oxygens (including phenoxy) is 2. The molecule has 92 heavy (non-hydrogen) atoms. The van der Waals surface area contributed by atoms with Crippen molar-refractivity contribution in [2.45, 2.75) is 143 Å². The van der Waals surface area contributed by atoms with Crippen LogP contribution in [0.25, 0.3) is 0 Å². The van der Waals surface area contributed by atoms with Gasteiger partial charge in [-0.2, -0.15) is 0 Å². The van der Waals surface area contributed by atoms with Crippen molar-refractivity contribution < 1.29 is 55.0 Å². The van der Waals surface area contributed by atoms with E-state index >= 15 is 0 Å². The number of fused-ring (bicyclic) bond motifs is 2. The number of aromatic nitrogens is 2. The number of likely N-dealkylation sites (N-methyl/N-ethyl adjacent to an activating group) is 2. The summed E-state index contributed by atoms with van der Waals surface area (Å²) in [6.07, 6.45) is 0.243. The highest BCUT2D eigenvalue weighted by Gasteiger charge is 2.44. The molecule has 4 aromatic carbocycles. The fourth-order valence-corrected chi connectivity index (χ4v) is 12.1. The number of aryl methyl sites for hydroxylation is 4. The number of carbonyl (C=O) groups is 4. The lowest BCUT2D eigenvalue weighted by atomic mass is 9.90. The predicted octanol–water partition coefficient (Wildman–Crippen LogP) is 8.48. The summed E-state index contributed by atoms with van der Waals surface area (Å²) in [7, 11) is 3.29. The topological polar surface area (TPSA) is 207 Å². The highest BCUT2D eigenvalue weighted by Crippen LogP contribution is 2.42. The molecule has 16 nitrogen and oxygen atoms in total. The molecule has 0 bridgehead atoms. The number of rotatable bonds is 22. The number of anilines is 2. The minimum atomic E-state index is -1.37. The van der Waals surface area contributed by atoms with E-state index in [0.29, 0.717) is 71.4 Å². The first-order valence-corrected chi connectivity index (χ1v) is 30.3. The zero-order valence-electron chi connectivity index (χ0n) is 53.6. The van der Waals surface area contributed by atoms with Gasteiger partial charge in [0.15, 0.2) is 23.3 Å². The Morgan fingerprint density at radius 1 is 0.511 bits per heavy atom. The molecule has 4 amide bonds. The van der Waals surface area contributed by atoms with E-state index in [1.165, 1.54) is 21.9 Å². The summed E-state index contributed by atoms with van der Waals surface area (Å²) < 4.78 is 97.6. The van der Waals surface area contributed by atoms with Gasteiger partial charge < -0.3 is 50.5 Å². The molecule has 4 heterocycles. The van der Waals surface area contributed by atoms with Crippen molar-refractivity contribution in [1.29, 1.82) is 0 Å². The van der Waals surface area contributed by atoms with E-state index in [4.69, 9.17) is 9.47 Å². The standard InChI is InChI=1S/C70H76F6N8O8/c1-13-55(77-11)65(87)79-57(67(89)83-35-69(7,8)61-59(83)29-43(63(85)81-61)25-41-27-51(73)53(75)33-49(41)71)31-47-37(3)21-45(22-38(47)4)91-19-17-15-16-18-20-92-46-23-39(5)48(40(6)24-46)32-58(80-66(88)56(14-2)78-12)68(90)84-36-70(9,10)62-60(84)30-44(64(86)82-62)26-42-28-52(74)54(76)34-50(42)72/h21-24,27-30,33-34,55-58,77-78H,13-14,19-20,25-26,31-32,35-36H2,1-12H3,(H,79,87)(H,80,88)(H,81,85)(H,82,86)/t55-,56-,57-,58-/m0/s1. The van der Waals surface area contributed by atoms with E-state index in [9.17, 15) is 55.1 Å². The lowest BCUT2D eigenvalue weighted by Crippen LogP contribution is -2.54. The van der Waals surface area contributed by atoms with Crippen molar-refractivity contribution in [2.24, 2.45) is 0 Å². The predicted molar refractivity (Wildman–Crippen MR) is 339 cm³/mol. The average Bonchev–Trinajstić information content (AvgIpc) is 1.60. The van der Waals surface area contributed by atoms with Crippen LogP contribution in [0.2, 0.25) is 0 Å². The van der Waals surface area contributed by atoms with E-state index in [2.05, 4.69) is 54.9 Å². The normalized spacial score (nSPS) is 14.8. The summed E-state index contributed by atoms with van der Waals surface area (Å²) in [6.45, 7) is 18.7. The van der Waals surface area contributed by atoms with Crippen LogP contribution in [-0.2, 0) is 55.7 Å². The number of hydrogen-bond donors (Lipinski definition) is 6. The van der Waals surface area contributed by atoms with Crippen LogP contribution in [0.3, 0.4) is 0 Å². The third-order valence-corrected chi connectivity index (χ3v) is 17.1. The van der Waals surface area contributed by atoms with Gasteiger partial charge >= 0.3 is 0 Å². The maximum atomic E-state index is 14.9. The number of aromatic amines is 2. The van der Waals surface area contributed by atoms with Gasteiger partial charge in [-0.15, -0.1) is 0 Å². The van der Waals surface area contributed by atoms with Gasteiger partial charge in [0.25, 0.3) is 11.1 Å². The molecular weight excluding hydrogens is 1190 g/mol. The number of carbonyl (C=O) groups excluding carboxylic acids is 4. The van der Waals surface area contributed by atoms with Crippen LogP contribution in [0.15, 0.2) is 70.3 Å². The first kappa shape index (κ1) is 68.8. The van der Waals surface area contributed by atoms with Crippen molar-refractivity contribution >= 4 is 35.0 Å². The van der Waals surface area contributed by atoms with Crippen LogP contribution < -0.4 is 51.7 Å². The molecular formula is C70H76F6N8O8. The van der Waals surface area contributed by atoms with E-state index in [-0.39, 0.29) is 74.2 Å². The van der Waals surface area contributed by atoms with Gasteiger partial charge in [0, 0.05) is 84.3 Å². The SMILES string of the molecule is CC[C@H](NC)C(=O)N[C@@H](Cc1c(C)cc(OCC#CC#CCOc2cc(C)c(C[C@H](NC(=O)[C@H](CC)NC)C(=O)N3CC(C)(C)c4[nH]c(=O)c(Cc5cc(F)c(F)cc5F)cc43)c(C)c2)cc1C)C(=O)N1CC(C)(C)c2[nH]c(=O)c(Cc3cc(F)c(F)cc3F)cc21. The molecule has 22 heteroatoms. The molecule has 0 spiro atoms. The minimum Gasteiger partial charge on any atom is -0.481 e. The molecule has 6 N–H and O–H groups in total. The Labute approximate surface area is 530 Å². The van der Waals surface area contributed by atoms with Gasteiger partial charge in [0.2, 0.25) is 23.6 Å². The molecule has 486 valence electrons. The minimum absolute atomic E-state index is 0.0196. The highest BCUT2D eigenvalue weighted by molar-refractivity contribution is 6.03. The number of benzene rings is 4. The van der Waals surface area contributed by atoms with Crippen molar-refractivity contribution in [3.63, 3.8) is 0 Å². The maximum absolute atomic E-state index is 14.9. The number of amides is 4. The number of nitrogens with zero attached hydrogens (tertiary/aromatic N) is 2. The smallest absolute Gasteiger partial charge is 0.251 e. The summed E-state index contributed by atoms with van der Waals surface area (Å²) >= 11 is 0. The van der Waals surface area contributed by atoms with Crippen LogP contribution in [0.5, 0.6) is 11.5 Å². The molecule has 0 saturated carbocycles. The number of nitrogens with one attached hydrogen (secondary N) is 6. The van der Waals surface area contributed by atoms with Gasteiger partial charge in [0.1, 0.15) is 48.4 Å². The Morgan fingerprint density at radius 2 is 0.848 bits per heavy atom. The fourth-order valence-electron chi connectivity index (χ4n) is 12.1. The maximum Gasteiger partial charge on any atom is 0.251 e. The quantitative estimate of drug-likeness (QED) is 0.0217. The molecule has 8 rings (SSSR count). The number of hydrogen-bond acceptors (Lipinski definition) is 10. The van der Waals surface area contributed by atoms with E-state index < -0.39 is 105 Å². The van der Waals surface area contributed by atoms with Gasteiger partial charge in [-0.05, 0) is 171 Å². The summed E-state index contributed by atoms with van der Waals surface area (Å²) in [5.74, 6) is 3.23. The number of pyridine rings is 2. The molecule has 4 atom stereocenters. The molecule has 0 radical (unpaired) electrons. The number of halogens is 6. The van der Waals surface area contributed by atoms with Crippen molar-refractivity contribution in [2.75, 3.05) is 50.2 Å². The largest absolute Gasteiger partial charge is 0.481 e. The van der Waals surface area contributed by atoms with E-state index in [1.807, 2.05) is 69.2 Å². The van der Waals surface area contributed by atoms with Gasteiger partial charge in [-0.1, -0.05) is 41.5 Å². The molecule has 0 unspecified atom stereocenters. The first-order chi connectivity index (χ1) is 43.5. The third kappa shape index (κ3) is 15.3. The molecule has 0 fully saturated rings. The third-order valence-electron chi connectivity index (χ3n) is 17.1. The summed E-state index contributed by atoms with van der Waals surface area (Å²) in [5, 5.41) is 11.9. The average molecular weight is 1270 g/mol. The van der Waals surface area contributed by atoms with Gasteiger partial charge in [-0.25, -0.2) is 26.3 Å².